The summed E-state index contributed by atoms with van der Waals surface area (Å²) in [6.07, 6.45) is -4.39. The van der Waals surface area contributed by atoms with Gasteiger partial charge in [-0.1, -0.05) is 0 Å². The highest BCUT2D eigenvalue weighted by molar-refractivity contribution is 14.1. The van der Waals surface area contributed by atoms with E-state index in [0.717, 1.165) is 22.6 Å². The van der Waals surface area contributed by atoms with E-state index < -0.39 is 9.89 Å². The van der Waals surface area contributed by atoms with Gasteiger partial charge >= 0.3 is 6.18 Å². The second-order valence-corrected chi connectivity index (χ2v) is 3.62. The highest BCUT2D eigenvalue weighted by atomic mass is 127. The summed E-state index contributed by atoms with van der Waals surface area (Å²) in [6.45, 7) is 0. The maximum Gasteiger partial charge on any atom is 0.439 e. The van der Waals surface area contributed by atoms with Crippen molar-refractivity contribution in [3.8, 4) is 5.75 Å². The Kier molecular flexibility index (Phi) is 3.95. The van der Waals surface area contributed by atoms with Gasteiger partial charge in [-0.3, -0.25) is 0 Å². The molecule has 0 atom stereocenters. The van der Waals surface area contributed by atoms with Crippen molar-refractivity contribution < 1.29 is 17.9 Å². The third kappa shape index (κ3) is 3.69. The normalized spacial score (nSPS) is 12.7. The fourth-order valence-corrected chi connectivity index (χ4v) is 1.11. The van der Waals surface area contributed by atoms with Gasteiger partial charge < -0.3 is 4.74 Å². The molecule has 82 valence electrons. The van der Waals surface area contributed by atoms with Gasteiger partial charge in [-0.2, -0.15) is 13.2 Å². The van der Waals surface area contributed by atoms with E-state index in [-0.39, 0.29) is 5.69 Å². The SMILES string of the molecule is COc1ccc(N=C(I)C(F)(F)F)cc1. The van der Waals surface area contributed by atoms with Crippen LogP contribution < -0.4 is 4.74 Å². The van der Waals surface area contributed by atoms with Crippen LogP contribution in [0.1, 0.15) is 0 Å². The largest absolute Gasteiger partial charge is 0.497 e. The Morgan fingerprint density at radius 2 is 1.80 bits per heavy atom. The minimum atomic E-state index is -4.39. The number of benzene rings is 1. The van der Waals surface area contributed by atoms with Crippen LogP contribution in [0.25, 0.3) is 0 Å². The first-order valence-corrected chi connectivity index (χ1v) is 4.97. The number of halogens is 4. The molecule has 0 heterocycles. The summed E-state index contributed by atoms with van der Waals surface area (Å²) in [7, 11) is 1.48. The van der Waals surface area contributed by atoms with Crippen LogP contribution in [0, 0.1) is 0 Å². The molecule has 0 bridgehead atoms. The van der Waals surface area contributed by atoms with E-state index in [4.69, 9.17) is 4.74 Å². The summed E-state index contributed by atoms with van der Waals surface area (Å²) in [5.74, 6) is 0.580. The Hall–Kier alpha value is -0.790. The zero-order chi connectivity index (χ0) is 11.5. The van der Waals surface area contributed by atoms with Crippen LogP contribution in [-0.4, -0.2) is 17.0 Å². The van der Waals surface area contributed by atoms with Gasteiger partial charge in [0.15, 0.2) is 3.72 Å². The molecule has 0 N–H and O–H groups in total. The first-order chi connectivity index (χ1) is 6.93. The molecule has 2 nitrogen and oxygen atoms in total. The number of hydrogen-bond acceptors (Lipinski definition) is 2. The van der Waals surface area contributed by atoms with Crippen LogP contribution >= 0.6 is 22.6 Å². The molecule has 15 heavy (non-hydrogen) atoms. The molecule has 0 amide bonds. The maximum absolute atomic E-state index is 12.1. The van der Waals surface area contributed by atoms with Gasteiger partial charge in [0.1, 0.15) is 5.75 Å². The Balaban J connectivity index is 2.89. The molecule has 1 aromatic rings. The van der Waals surface area contributed by atoms with Gasteiger partial charge in [-0.05, 0) is 46.9 Å². The lowest BCUT2D eigenvalue weighted by atomic mass is 10.3. The molecule has 0 fully saturated rings. The summed E-state index contributed by atoms with van der Waals surface area (Å²) in [6, 6.07) is 6.03. The number of ether oxygens (including phenoxy) is 1. The summed E-state index contributed by atoms with van der Waals surface area (Å²) < 4.78 is 40.3. The lowest BCUT2D eigenvalue weighted by molar-refractivity contribution is -0.0544. The molecule has 0 unspecified atom stereocenters. The number of nitrogens with zero attached hydrogens (tertiary/aromatic N) is 1. The standard InChI is InChI=1S/C9H7F3INO/c1-15-7-4-2-6(3-5-7)14-8(13)9(10,11)12/h2-5H,1H3. The van der Waals surface area contributed by atoms with Crippen LogP contribution in [0.2, 0.25) is 0 Å². The predicted octanol–water partition coefficient (Wildman–Crippen LogP) is 3.72. The minimum absolute atomic E-state index is 0.248. The van der Waals surface area contributed by atoms with E-state index >= 15 is 0 Å². The predicted molar refractivity (Wildman–Crippen MR) is 60.2 cm³/mol. The Morgan fingerprint density at radius 1 is 1.27 bits per heavy atom. The number of hydrogen-bond donors (Lipinski definition) is 0. The van der Waals surface area contributed by atoms with Crippen molar-refractivity contribution in [2.45, 2.75) is 6.18 Å². The molecule has 0 aliphatic rings. The number of methoxy groups -OCH3 is 1. The summed E-state index contributed by atoms with van der Waals surface area (Å²) >= 11 is 1.16. The molecule has 0 saturated heterocycles. The Morgan fingerprint density at radius 3 is 2.20 bits per heavy atom. The summed E-state index contributed by atoms with van der Waals surface area (Å²) in [5, 5.41) is 0. The lowest BCUT2D eigenvalue weighted by Crippen LogP contribution is -2.15. The first kappa shape index (κ1) is 12.3. The third-order valence-electron chi connectivity index (χ3n) is 1.53. The van der Waals surface area contributed by atoms with Gasteiger partial charge in [0.25, 0.3) is 0 Å². The zero-order valence-corrected chi connectivity index (χ0v) is 9.83. The monoisotopic (exact) mass is 329 g/mol. The van der Waals surface area contributed by atoms with Crippen LogP contribution in [0.3, 0.4) is 0 Å². The topological polar surface area (TPSA) is 21.6 Å². The second kappa shape index (κ2) is 4.82. The fourth-order valence-electron chi connectivity index (χ4n) is 0.833. The van der Waals surface area contributed by atoms with E-state index in [1.165, 1.54) is 19.2 Å². The third-order valence-corrected chi connectivity index (χ3v) is 2.39. The number of rotatable bonds is 2. The molecule has 0 aliphatic carbocycles. The lowest BCUT2D eigenvalue weighted by Gasteiger charge is -2.04. The summed E-state index contributed by atoms with van der Waals surface area (Å²) in [4.78, 5) is 3.43. The average Bonchev–Trinajstić information content (AvgIpc) is 2.17. The van der Waals surface area contributed by atoms with Crippen molar-refractivity contribution in [2.24, 2.45) is 4.99 Å². The summed E-state index contributed by atoms with van der Waals surface area (Å²) in [5.41, 5.74) is 0.248. The van der Waals surface area contributed by atoms with Crippen LogP contribution in [0.15, 0.2) is 29.3 Å². The number of aliphatic imine (C=N–C) groups is 1. The number of alkyl halides is 3. The van der Waals surface area contributed by atoms with Crippen molar-refractivity contribution in [2.75, 3.05) is 7.11 Å². The average molecular weight is 329 g/mol. The van der Waals surface area contributed by atoms with Crippen molar-refractivity contribution in [3.63, 3.8) is 0 Å². The molecule has 0 saturated carbocycles. The Labute approximate surface area is 98.3 Å². The molecule has 1 aromatic carbocycles. The van der Waals surface area contributed by atoms with E-state index in [1.807, 2.05) is 0 Å². The van der Waals surface area contributed by atoms with E-state index in [9.17, 15) is 13.2 Å². The molecular formula is C9H7F3INO. The maximum atomic E-state index is 12.1. The van der Waals surface area contributed by atoms with E-state index in [2.05, 4.69) is 4.99 Å². The van der Waals surface area contributed by atoms with Gasteiger partial charge in [0, 0.05) is 0 Å². The molecular weight excluding hydrogens is 322 g/mol. The van der Waals surface area contributed by atoms with Crippen molar-refractivity contribution in [3.05, 3.63) is 24.3 Å². The quantitative estimate of drug-likeness (QED) is 0.599. The minimum Gasteiger partial charge on any atom is -0.497 e. The second-order valence-electron chi connectivity index (χ2n) is 2.60. The van der Waals surface area contributed by atoms with Gasteiger partial charge in [-0.15, -0.1) is 0 Å². The molecule has 6 heteroatoms. The molecule has 0 aliphatic heterocycles. The smallest absolute Gasteiger partial charge is 0.439 e. The van der Waals surface area contributed by atoms with Gasteiger partial charge in [0.2, 0.25) is 0 Å². The highest BCUT2D eigenvalue weighted by Gasteiger charge is 2.33. The van der Waals surface area contributed by atoms with Gasteiger partial charge in [0.05, 0.1) is 12.8 Å². The fraction of sp³-hybridized carbons (Fsp3) is 0.222. The van der Waals surface area contributed by atoms with Crippen molar-refractivity contribution in [1.82, 2.24) is 0 Å². The van der Waals surface area contributed by atoms with Crippen LogP contribution in [0.4, 0.5) is 18.9 Å². The molecule has 0 radical (unpaired) electrons. The van der Waals surface area contributed by atoms with Crippen LogP contribution in [0.5, 0.6) is 5.75 Å². The van der Waals surface area contributed by atoms with E-state index in [1.54, 1.807) is 12.1 Å². The zero-order valence-electron chi connectivity index (χ0n) is 7.68. The van der Waals surface area contributed by atoms with E-state index in [0.29, 0.717) is 5.75 Å². The van der Waals surface area contributed by atoms with Crippen molar-refractivity contribution >= 4 is 32.0 Å². The molecule has 0 spiro atoms. The van der Waals surface area contributed by atoms with Crippen molar-refractivity contribution in [1.29, 1.82) is 0 Å². The molecule has 1 rings (SSSR count). The Bertz CT molecular complexity index is 359. The molecule has 0 aromatic heterocycles. The highest BCUT2D eigenvalue weighted by Crippen LogP contribution is 2.26. The van der Waals surface area contributed by atoms with Gasteiger partial charge in [-0.25, -0.2) is 4.99 Å². The first-order valence-electron chi connectivity index (χ1n) is 3.89. The van der Waals surface area contributed by atoms with Crippen LogP contribution in [-0.2, 0) is 0 Å².